The van der Waals surface area contributed by atoms with Gasteiger partial charge in [-0.3, -0.25) is 9.59 Å². The maximum absolute atomic E-state index is 12.2. The SMILES string of the molecule is O=C1C=Cc2ccccc2C1=CNCCCNC=C1C(=O)C=Cc2ccccc21.[Ni]. The average Bonchev–Trinajstić information content (AvgIpc) is 2.75. The Morgan fingerprint density at radius 1 is 0.633 bits per heavy atom. The predicted octanol–water partition coefficient (Wildman–Crippen LogP) is 3.83. The van der Waals surface area contributed by atoms with E-state index in [-0.39, 0.29) is 28.1 Å². The van der Waals surface area contributed by atoms with E-state index in [4.69, 9.17) is 0 Å². The van der Waals surface area contributed by atoms with Crippen LogP contribution in [0.3, 0.4) is 0 Å². The minimum absolute atomic E-state index is 0. The molecule has 30 heavy (non-hydrogen) atoms. The van der Waals surface area contributed by atoms with Gasteiger partial charge in [0.1, 0.15) is 0 Å². The molecule has 5 heteroatoms. The van der Waals surface area contributed by atoms with E-state index >= 15 is 0 Å². The summed E-state index contributed by atoms with van der Waals surface area (Å²) < 4.78 is 0. The molecule has 0 bridgehead atoms. The van der Waals surface area contributed by atoms with E-state index in [1.165, 1.54) is 0 Å². The fraction of sp³-hybridized carbons (Fsp3) is 0.120. The summed E-state index contributed by atoms with van der Waals surface area (Å²) in [5.41, 5.74) is 5.40. The van der Waals surface area contributed by atoms with Crippen molar-refractivity contribution in [3.63, 3.8) is 0 Å². The number of hydrogen-bond donors (Lipinski definition) is 2. The average molecular weight is 441 g/mol. The molecule has 4 nitrogen and oxygen atoms in total. The number of allylic oxidation sites excluding steroid dienone is 4. The number of rotatable bonds is 6. The van der Waals surface area contributed by atoms with Crippen LogP contribution in [0.4, 0.5) is 0 Å². The monoisotopic (exact) mass is 440 g/mol. The Balaban J connectivity index is 0.00000256. The van der Waals surface area contributed by atoms with Crippen LogP contribution in [0, 0.1) is 0 Å². The number of benzene rings is 2. The molecule has 2 N–H and O–H groups in total. The van der Waals surface area contributed by atoms with E-state index in [0.29, 0.717) is 11.1 Å². The van der Waals surface area contributed by atoms with Crippen LogP contribution in [0.5, 0.6) is 0 Å². The van der Waals surface area contributed by atoms with Crippen LogP contribution >= 0.6 is 0 Å². The number of nitrogens with one attached hydrogen (secondary N) is 2. The van der Waals surface area contributed by atoms with Gasteiger partial charge in [0.15, 0.2) is 11.6 Å². The number of fused-ring (bicyclic) bond motifs is 2. The summed E-state index contributed by atoms with van der Waals surface area (Å²) in [6, 6.07) is 15.8. The minimum atomic E-state index is 0. The summed E-state index contributed by atoms with van der Waals surface area (Å²) in [5, 5.41) is 6.47. The molecule has 0 heterocycles. The number of carbonyl (C=O) groups is 2. The molecule has 0 saturated heterocycles. The molecular formula is C25H22N2NiO2. The second-order valence-corrected chi connectivity index (χ2v) is 6.95. The summed E-state index contributed by atoms with van der Waals surface area (Å²) >= 11 is 0. The quantitative estimate of drug-likeness (QED) is 0.407. The molecule has 0 saturated carbocycles. The van der Waals surface area contributed by atoms with E-state index < -0.39 is 0 Å². The molecule has 154 valence electrons. The van der Waals surface area contributed by atoms with Crippen LogP contribution < -0.4 is 10.6 Å². The van der Waals surface area contributed by atoms with Crippen LogP contribution in [0.1, 0.15) is 28.7 Å². The van der Waals surface area contributed by atoms with Gasteiger partial charge in [-0.1, -0.05) is 60.7 Å². The Bertz CT molecular complexity index is 995. The van der Waals surface area contributed by atoms with Gasteiger partial charge in [0.2, 0.25) is 0 Å². The number of carbonyl (C=O) groups excluding carboxylic acids is 2. The van der Waals surface area contributed by atoms with Gasteiger partial charge in [-0.2, -0.15) is 0 Å². The molecule has 0 spiro atoms. The van der Waals surface area contributed by atoms with Gasteiger partial charge >= 0.3 is 0 Å². The third-order valence-electron chi connectivity index (χ3n) is 5.00. The largest absolute Gasteiger partial charge is 0.390 e. The Hall–Kier alpha value is -3.17. The summed E-state index contributed by atoms with van der Waals surface area (Å²) in [4.78, 5) is 24.4. The van der Waals surface area contributed by atoms with Crippen LogP contribution in [-0.2, 0) is 26.1 Å². The minimum Gasteiger partial charge on any atom is -0.390 e. The molecule has 0 radical (unpaired) electrons. The van der Waals surface area contributed by atoms with E-state index in [9.17, 15) is 9.59 Å². The normalized spacial score (nSPS) is 16.8. The van der Waals surface area contributed by atoms with Gasteiger partial charge in [0, 0.05) is 53.1 Å². The zero-order valence-electron chi connectivity index (χ0n) is 16.3. The zero-order chi connectivity index (χ0) is 20.1. The fourth-order valence-corrected chi connectivity index (χ4v) is 3.49. The van der Waals surface area contributed by atoms with E-state index in [2.05, 4.69) is 10.6 Å². The van der Waals surface area contributed by atoms with Crippen molar-refractivity contribution in [2.75, 3.05) is 13.1 Å². The first kappa shape index (κ1) is 21.5. The van der Waals surface area contributed by atoms with Gasteiger partial charge in [-0.25, -0.2) is 0 Å². The Labute approximate surface area is 186 Å². The van der Waals surface area contributed by atoms with E-state index in [0.717, 1.165) is 41.8 Å². The van der Waals surface area contributed by atoms with Crippen molar-refractivity contribution in [3.8, 4) is 0 Å². The molecule has 2 aliphatic carbocycles. The molecule has 0 aromatic heterocycles. The van der Waals surface area contributed by atoms with Crippen molar-refractivity contribution in [3.05, 3.63) is 95.3 Å². The molecular weight excluding hydrogens is 419 g/mol. The Morgan fingerprint density at radius 3 is 1.53 bits per heavy atom. The molecule has 0 fully saturated rings. The second-order valence-electron chi connectivity index (χ2n) is 6.95. The first-order chi connectivity index (χ1) is 14.2. The molecule has 4 rings (SSSR count). The van der Waals surface area contributed by atoms with Crippen molar-refractivity contribution in [1.82, 2.24) is 10.6 Å². The molecule has 0 amide bonds. The van der Waals surface area contributed by atoms with Crippen molar-refractivity contribution in [2.45, 2.75) is 6.42 Å². The third-order valence-corrected chi connectivity index (χ3v) is 5.00. The standard InChI is InChI=1S/C25H22N2O2.Ni/c28-24-12-10-18-6-1-3-8-20(18)22(24)16-26-14-5-15-27-17-23-21-9-4-2-7-19(21)11-13-25(23)29;/h1-4,6-13,16-17,26-27H,5,14-15H2;. The van der Waals surface area contributed by atoms with Crippen LogP contribution in [0.15, 0.2) is 73.1 Å². The summed E-state index contributed by atoms with van der Waals surface area (Å²) in [5.74, 6) is 0.0307. The number of ketones is 2. The Kier molecular flexibility index (Phi) is 7.21. The van der Waals surface area contributed by atoms with Crippen molar-refractivity contribution < 1.29 is 26.1 Å². The first-order valence-electron chi connectivity index (χ1n) is 9.75. The van der Waals surface area contributed by atoms with Crippen molar-refractivity contribution in [1.29, 1.82) is 0 Å². The first-order valence-corrected chi connectivity index (χ1v) is 9.75. The van der Waals surface area contributed by atoms with E-state index in [1.807, 2.05) is 60.7 Å². The summed E-state index contributed by atoms with van der Waals surface area (Å²) in [7, 11) is 0. The van der Waals surface area contributed by atoms with Gasteiger partial charge in [0.05, 0.1) is 0 Å². The van der Waals surface area contributed by atoms with Gasteiger partial charge in [-0.15, -0.1) is 0 Å². The topological polar surface area (TPSA) is 58.2 Å². The maximum Gasteiger partial charge on any atom is 0.187 e. The maximum atomic E-state index is 12.2. The van der Waals surface area contributed by atoms with Crippen LogP contribution in [0.2, 0.25) is 0 Å². The van der Waals surface area contributed by atoms with Crippen molar-refractivity contribution in [2.24, 2.45) is 0 Å². The van der Waals surface area contributed by atoms with Gasteiger partial charge in [0.25, 0.3) is 0 Å². The molecule has 2 aliphatic rings. The second kappa shape index (κ2) is 10.0. The molecule has 2 aromatic carbocycles. The predicted molar refractivity (Wildman–Crippen MR) is 118 cm³/mol. The molecule has 0 atom stereocenters. The fourth-order valence-electron chi connectivity index (χ4n) is 3.49. The Morgan fingerprint density at radius 2 is 1.07 bits per heavy atom. The van der Waals surface area contributed by atoms with Crippen LogP contribution in [-0.4, -0.2) is 24.7 Å². The third kappa shape index (κ3) is 4.69. The summed E-state index contributed by atoms with van der Waals surface area (Å²) in [6.45, 7) is 1.45. The van der Waals surface area contributed by atoms with Crippen molar-refractivity contribution >= 4 is 34.9 Å². The molecule has 0 unspecified atom stereocenters. The smallest absolute Gasteiger partial charge is 0.187 e. The summed E-state index contributed by atoms with van der Waals surface area (Å²) in [6.07, 6.45) is 11.4. The molecule has 0 aliphatic heterocycles. The van der Waals surface area contributed by atoms with Gasteiger partial charge < -0.3 is 10.6 Å². The van der Waals surface area contributed by atoms with Crippen LogP contribution in [0.25, 0.3) is 23.3 Å². The molecule has 2 aromatic rings. The van der Waals surface area contributed by atoms with Gasteiger partial charge in [-0.05, 0) is 40.8 Å². The number of hydrogen-bond acceptors (Lipinski definition) is 4. The van der Waals surface area contributed by atoms with E-state index in [1.54, 1.807) is 24.6 Å². The zero-order valence-corrected chi connectivity index (χ0v) is 17.3.